The molecule has 29 heavy (non-hydrogen) atoms. The quantitative estimate of drug-likeness (QED) is 0.860. The maximum absolute atomic E-state index is 12.9. The number of carbonyl (C=O) groups is 2. The molecule has 0 bridgehead atoms. The summed E-state index contributed by atoms with van der Waals surface area (Å²) < 4.78 is 5.20. The van der Waals surface area contributed by atoms with Gasteiger partial charge in [0.25, 0.3) is 11.8 Å². The minimum Gasteiger partial charge on any atom is -0.497 e. The molecule has 1 aromatic carbocycles. The zero-order valence-electron chi connectivity index (χ0n) is 17.4. The van der Waals surface area contributed by atoms with Crippen molar-refractivity contribution >= 4 is 17.5 Å². The molecule has 1 fully saturated rings. The Bertz CT molecular complexity index is 866. The lowest BCUT2D eigenvalue weighted by molar-refractivity contribution is 0.0741. The van der Waals surface area contributed by atoms with Crippen molar-refractivity contribution in [1.29, 1.82) is 0 Å². The first-order chi connectivity index (χ1) is 13.8. The summed E-state index contributed by atoms with van der Waals surface area (Å²) in [7, 11) is 1.65. The Labute approximate surface area is 171 Å². The number of hydrogen-bond acceptors (Lipinski definition) is 5. The molecule has 0 aliphatic carbocycles. The van der Waals surface area contributed by atoms with Crippen molar-refractivity contribution in [3.63, 3.8) is 0 Å². The van der Waals surface area contributed by atoms with E-state index in [1.807, 2.05) is 45.0 Å². The van der Waals surface area contributed by atoms with E-state index < -0.39 is 0 Å². The van der Waals surface area contributed by atoms with Gasteiger partial charge in [0.2, 0.25) is 0 Å². The molecule has 2 heterocycles. The minimum atomic E-state index is -0.345. The van der Waals surface area contributed by atoms with Gasteiger partial charge in [0.05, 0.1) is 7.11 Å². The first-order valence-electron chi connectivity index (χ1n) is 9.74. The number of amides is 2. The van der Waals surface area contributed by atoms with Crippen LogP contribution in [0.2, 0.25) is 0 Å². The topological polar surface area (TPSA) is 74.8 Å². The summed E-state index contributed by atoms with van der Waals surface area (Å²) in [6, 6.07) is 11.1. The van der Waals surface area contributed by atoms with Crippen molar-refractivity contribution < 1.29 is 14.3 Å². The van der Waals surface area contributed by atoms with Crippen LogP contribution in [-0.4, -0.2) is 60.5 Å². The van der Waals surface area contributed by atoms with Gasteiger partial charge in [-0.25, -0.2) is 0 Å². The third-order valence-electron chi connectivity index (χ3n) is 4.73. The molecule has 2 aromatic rings. The van der Waals surface area contributed by atoms with Crippen LogP contribution in [0.25, 0.3) is 0 Å². The smallest absolute Gasteiger partial charge is 0.272 e. The van der Waals surface area contributed by atoms with Crippen molar-refractivity contribution in [3.8, 4) is 5.75 Å². The molecule has 1 aromatic heterocycles. The number of anilines is 1. The second kappa shape index (κ2) is 8.51. The molecule has 1 saturated heterocycles. The zero-order chi connectivity index (χ0) is 21.0. The van der Waals surface area contributed by atoms with E-state index in [4.69, 9.17) is 4.74 Å². The summed E-state index contributed by atoms with van der Waals surface area (Å²) in [6.07, 6.45) is 1.51. The van der Waals surface area contributed by atoms with Gasteiger partial charge in [-0.15, -0.1) is 0 Å². The van der Waals surface area contributed by atoms with Gasteiger partial charge in [-0.3, -0.25) is 14.6 Å². The van der Waals surface area contributed by atoms with Crippen LogP contribution in [0.15, 0.2) is 42.6 Å². The number of pyridine rings is 1. The van der Waals surface area contributed by atoms with Crippen molar-refractivity contribution in [2.45, 2.75) is 26.3 Å². The van der Waals surface area contributed by atoms with Gasteiger partial charge in [0, 0.05) is 49.2 Å². The second-order valence-corrected chi connectivity index (χ2v) is 8.11. The fourth-order valence-corrected chi connectivity index (χ4v) is 3.22. The normalized spacial score (nSPS) is 14.5. The summed E-state index contributed by atoms with van der Waals surface area (Å²) in [4.78, 5) is 33.5. The third-order valence-corrected chi connectivity index (χ3v) is 4.73. The average molecular weight is 396 g/mol. The molecule has 0 atom stereocenters. The number of carbonyl (C=O) groups excluding carboxylic acids is 2. The molecule has 1 aliphatic heterocycles. The highest BCUT2D eigenvalue weighted by atomic mass is 16.5. The Hall–Kier alpha value is -3.09. The maximum Gasteiger partial charge on any atom is 0.272 e. The van der Waals surface area contributed by atoms with Crippen LogP contribution in [0.3, 0.4) is 0 Å². The number of benzene rings is 1. The Kier molecular flexibility index (Phi) is 6.06. The van der Waals surface area contributed by atoms with Gasteiger partial charge in [-0.2, -0.15) is 0 Å². The molecule has 2 amide bonds. The fourth-order valence-electron chi connectivity index (χ4n) is 3.22. The summed E-state index contributed by atoms with van der Waals surface area (Å²) in [5, 5.41) is 2.91. The molecule has 7 heteroatoms. The zero-order valence-corrected chi connectivity index (χ0v) is 17.4. The number of methoxy groups -OCH3 is 1. The van der Waals surface area contributed by atoms with E-state index in [9.17, 15) is 9.59 Å². The van der Waals surface area contributed by atoms with E-state index >= 15 is 0 Å². The van der Waals surface area contributed by atoms with E-state index in [0.717, 1.165) is 24.5 Å². The van der Waals surface area contributed by atoms with Crippen LogP contribution in [0, 0.1) is 0 Å². The lowest BCUT2D eigenvalue weighted by atomic mass is 10.1. The van der Waals surface area contributed by atoms with Crippen LogP contribution in [0.4, 0.5) is 5.69 Å². The molecule has 0 radical (unpaired) electrons. The monoisotopic (exact) mass is 396 g/mol. The number of rotatable bonds is 4. The predicted octanol–water partition coefficient (Wildman–Crippen LogP) is 2.58. The molecule has 0 spiro atoms. The fraction of sp³-hybridized carbons (Fsp3) is 0.409. The SMILES string of the molecule is COc1ccc(N2CCN(C(=O)c3cc(C(=O)NC(C)(C)C)ccn3)CC2)cc1. The van der Waals surface area contributed by atoms with E-state index in [0.29, 0.717) is 24.3 Å². The molecule has 3 rings (SSSR count). The molecular weight excluding hydrogens is 368 g/mol. The summed E-state index contributed by atoms with van der Waals surface area (Å²) in [5.41, 5.74) is 1.50. The third kappa shape index (κ3) is 5.25. The highest BCUT2D eigenvalue weighted by Gasteiger charge is 2.24. The Morgan fingerprint density at radius 2 is 1.69 bits per heavy atom. The van der Waals surface area contributed by atoms with Gasteiger partial charge >= 0.3 is 0 Å². The van der Waals surface area contributed by atoms with Crippen LogP contribution >= 0.6 is 0 Å². The standard InChI is InChI=1S/C22H28N4O3/c1-22(2,3)24-20(27)16-9-10-23-19(15-16)21(28)26-13-11-25(12-14-26)17-5-7-18(29-4)8-6-17/h5-10,15H,11-14H2,1-4H3,(H,24,27). The maximum atomic E-state index is 12.9. The summed E-state index contributed by atoms with van der Waals surface area (Å²) in [6.45, 7) is 8.43. The summed E-state index contributed by atoms with van der Waals surface area (Å²) >= 11 is 0. The Morgan fingerprint density at radius 3 is 2.28 bits per heavy atom. The number of piperazine rings is 1. The molecule has 0 unspecified atom stereocenters. The van der Waals surface area contributed by atoms with Gasteiger partial charge in [0.1, 0.15) is 11.4 Å². The molecule has 1 aliphatic rings. The van der Waals surface area contributed by atoms with E-state index in [1.54, 1.807) is 24.1 Å². The molecule has 0 saturated carbocycles. The largest absolute Gasteiger partial charge is 0.497 e. The van der Waals surface area contributed by atoms with Gasteiger partial charge in [-0.1, -0.05) is 0 Å². The highest BCUT2D eigenvalue weighted by Crippen LogP contribution is 2.21. The average Bonchev–Trinajstić information content (AvgIpc) is 2.72. The van der Waals surface area contributed by atoms with Crippen LogP contribution in [0.5, 0.6) is 5.75 Å². The number of ether oxygens (including phenoxy) is 1. The molecule has 7 nitrogen and oxygen atoms in total. The predicted molar refractivity (Wildman–Crippen MR) is 113 cm³/mol. The van der Waals surface area contributed by atoms with Crippen molar-refractivity contribution in [2.24, 2.45) is 0 Å². The lowest BCUT2D eigenvalue weighted by Gasteiger charge is -2.36. The number of nitrogens with one attached hydrogen (secondary N) is 1. The van der Waals surface area contributed by atoms with E-state index in [2.05, 4.69) is 15.2 Å². The Balaban J connectivity index is 1.63. The van der Waals surface area contributed by atoms with Gasteiger partial charge in [-0.05, 0) is 57.2 Å². The number of nitrogens with zero attached hydrogens (tertiary/aromatic N) is 3. The second-order valence-electron chi connectivity index (χ2n) is 8.11. The highest BCUT2D eigenvalue weighted by molar-refractivity contribution is 5.98. The first-order valence-corrected chi connectivity index (χ1v) is 9.74. The van der Waals surface area contributed by atoms with Crippen molar-refractivity contribution in [1.82, 2.24) is 15.2 Å². The number of hydrogen-bond donors (Lipinski definition) is 1. The number of aromatic nitrogens is 1. The molecule has 1 N–H and O–H groups in total. The lowest BCUT2D eigenvalue weighted by Crippen LogP contribution is -2.49. The van der Waals surface area contributed by atoms with Gasteiger partial charge < -0.3 is 19.9 Å². The van der Waals surface area contributed by atoms with Crippen molar-refractivity contribution in [3.05, 3.63) is 53.9 Å². The summed E-state index contributed by atoms with van der Waals surface area (Å²) in [5.74, 6) is 0.465. The molecule has 154 valence electrons. The van der Waals surface area contributed by atoms with Crippen LogP contribution in [-0.2, 0) is 0 Å². The van der Waals surface area contributed by atoms with Gasteiger partial charge in [0.15, 0.2) is 0 Å². The van der Waals surface area contributed by atoms with Crippen LogP contribution < -0.4 is 15.0 Å². The minimum absolute atomic E-state index is 0.148. The first kappa shape index (κ1) is 20.6. The van der Waals surface area contributed by atoms with E-state index in [-0.39, 0.29) is 17.4 Å². The Morgan fingerprint density at radius 1 is 1.03 bits per heavy atom. The molecular formula is C22H28N4O3. The van der Waals surface area contributed by atoms with Crippen molar-refractivity contribution in [2.75, 3.05) is 38.2 Å². The van der Waals surface area contributed by atoms with Crippen LogP contribution in [0.1, 0.15) is 41.6 Å². The van der Waals surface area contributed by atoms with E-state index in [1.165, 1.54) is 6.20 Å².